The molecule has 0 aliphatic rings. The Morgan fingerprint density at radius 1 is 1.47 bits per heavy atom. The van der Waals surface area contributed by atoms with E-state index in [1.807, 2.05) is 30.3 Å². The quantitative estimate of drug-likeness (QED) is 0.425. The summed E-state index contributed by atoms with van der Waals surface area (Å²) in [5, 5.41) is 0. The second-order valence-electron chi connectivity index (χ2n) is 3.66. The molecule has 0 bridgehead atoms. The van der Waals surface area contributed by atoms with Gasteiger partial charge in [0.2, 0.25) is 0 Å². The van der Waals surface area contributed by atoms with Gasteiger partial charge < -0.3 is 4.74 Å². The van der Waals surface area contributed by atoms with Gasteiger partial charge in [-0.15, -0.1) is 13.0 Å². The monoisotopic (exact) mass is 228 g/mol. The Morgan fingerprint density at radius 2 is 2.18 bits per heavy atom. The molecule has 1 rings (SSSR count). The molecule has 0 aromatic heterocycles. The van der Waals surface area contributed by atoms with Crippen LogP contribution in [0.3, 0.4) is 0 Å². The highest BCUT2D eigenvalue weighted by atomic mass is 16.5. The summed E-state index contributed by atoms with van der Waals surface area (Å²) in [6.45, 7) is 3.55. The minimum atomic E-state index is -0.491. The van der Waals surface area contributed by atoms with Crippen molar-refractivity contribution in [1.29, 1.82) is 0 Å². The third-order valence-corrected chi connectivity index (χ3v) is 2.28. The van der Waals surface area contributed by atoms with E-state index in [0.717, 1.165) is 5.56 Å². The average molecular weight is 228 g/mol. The molecule has 0 saturated carbocycles. The number of allylic oxidation sites excluding steroid dienone is 1. The summed E-state index contributed by atoms with van der Waals surface area (Å²) in [7, 11) is 0. The zero-order valence-electron chi connectivity index (χ0n) is 9.76. The summed E-state index contributed by atoms with van der Waals surface area (Å²) in [5.41, 5.74) is 1.06. The molecule has 0 radical (unpaired) electrons. The minimum Gasteiger partial charge on any atom is -0.449 e. The van der Waals surface area contributed by atoms with Crippen molar-refractivity contribution in [2.24, 2.45) is 0 Å². The number of rotatable bonds is 6. The molecule has 0 unspecified atom stereocenters. The van der Waals surface area contributed by atoms with E-state index in [1.165, 1.54) is 0 Å². The molecule has 2 nitrogen and oxygen atoms in total. The van der Waals surface area contributed by atoms with Gasteiger partial charge in [-0.1, -0.05) is 42.3 Å². The largest absolute Gasteiger partial charge is 0.449 e. The van der Waals surface area contributed by atoms with Crippen molar-refractivity contribution in [2.75, 3.05) is 0 Å². The van der Waals surface area contributed by atoms with Crippen LogP contribution in [-0.2, 0) is 16.0 Å². The van der Waals surface area contributed by atoms with Crippen molar-refractivity contribution in [2.45, 2.75) is 25.4 Å². The molecule has 2 heteroatoms. The van der Waals surface area contributed by atoms with Gasteiger partial charge >= 0.3 is 5.97 Å². The highest BCUT2D eigenvalue weighted by Gasteiger charge is 2.11. The highest BCUT2D eigenvalue weighted by molar-refractivity contribution is 5.70. The fraction of sp³-hybridized carbons (Fsp3) is 0.267. The van der Waals surface area contributed by atoms with E-state index in [4.69, 9.17) is 11.2 Å². The van der Waals surface area contributed by atoms with E-state index in [1.54, 1.807) is 6.08 Å². The second-order valence-corrected chi connectivity index (χ2v) is 3.66. The third-order valence-electron chi connectivity index (χ3n) is 2.28. The molecule has 1 aromatic rings. The Morgan fingerprint density at radius 3 is 2.76 bits per heavy atom. The summed E-state index contributed by atoms with van der Waals surface area (Å²) >= 11 is 0. The zero-order chi connectivity index (χ0) is 12.5. The lowest BCUT2D eigenvalue weighted by molar-refractivity contribution is -0.146. The molecule has 17 heavy (non-hydrogen) atoms. The van der Waals surface area contributed by atoms with Gasteiger partial charge in [0, 0.05) is 12.8 Å². The lowest BCUT2D eigenvalue weighted by Crippen LogP contribution is -2.18. The van der Waals surface area contributed by atoms with E-state index in [0.29, 0.717) is 19.3 Å². The number of carbonyl (C=O) groups excluding carboxylic acids is 1. The Bertz CT molecular complexity index is 401. The van der Waals surface area contributed by atoms with Crippen molar-refractivity contribution >= 4 is 5.97 Å². The van der Waals surface area contributed by atoms with Gasteiger partial charge in [-0.05, 0) is 12.0 Å². The van der Waals surface area contributed by atoms with Crippen LogP contribution in [0.25, 0.3) is 0 Å². The first-order chi connectivity index (χ1) is 8.26. The number of hydrogen-bond donors (Lipinski definition) is 0. The summed E-state index contributed by atoms with van der Waals surface area (Å²) in [4.78, 5) is 11.4. The number of hydrogen-bond acceptors (Lipinski definition) is 2. The van der Waals surface area contributed by atoms with Crippen LogP contribution in [0.5, 0.6) is 0 Å². The Labute approximate surface area is 102 Å². The maximum atomic E-state index is 11.4. The van der Waals surface area contributed by atoms with E-state index in [-0.39, 0.29) is 5.97 Å². The molecule has 88 valence electrons. The van der Waals surface area contributed by atoms with Gasteiger partial charge in [0.15, 0.2) is 6.10 Å². The molecule has 0 aliphatic heterocycles. The van der Waals surface area contributed by atoms with E-state index in [9.17, 15) is 4.79 Å². The number of carbonyl (C=O) groups is 1. The van der Waals surface area contributed by atoms with Crippen LogP contribution in [0, 0.1) is 12.3 Å². The number of terminal acetylenes is 1. The van der Waals surface area contributed by atoms with Gasteiger partial charge in [-0.25, -0.2) is 0 Å². The van der Waals surface area contributed by atoms with Crippen LogP contribution in [0.15, 0.2) is 43.0 Å². The summed E-state index contributed by atoms with van der Waals surface area (Å²) in [6, 6.07) is 9.72. The molecule has 0 N–H and O–H groups in total. The second kappa shape index (κ2) is 7.29. The Kier molecular flexibility index (Phi) is 5.60. The molecule has 1 aromatic carbocycles. The average Bonchev–Trinajstić information content (AvgIpc) is 2.36. The standard InChI is InChI=1S/C15H16O2/c1-3-5-11-15(16)17-14(4-2)12-13-9-7-6-8-10-13/h2-3,6-10,14H,1,5,11-12H2/t14-/m1/s1. The third kappa shape index (κ3) is 5.03. The van der Waals surface area contributed by atoms with Crippen LogP contribution < -0.4 is 0 Å². The Balaban J connectivity index is 2.47. The topological polar surface area (TPSA) is 26.3 Å². The molecular weight excluding hydrogens is 212 g/mol. The molecular formula is C15H16O2. The maximum Gasteiger partial charge on any atom is 0.307 e. The zero-order valence-corrected chi connectivity index (χ0v) is 9.76. The SMILES string of the molecule is C#C[C@H](Cc1ccccc1)OC(=O)CCC=C. The molecule has 0 spiro atoms. The van der Waals surface area contributed by atoms with Gasteiger partial charge in [-0.2, -0.15) is 0 Å². The van der Waals surface area contributed by atoms with Crippen LogP contribution in [-0.4, -0.2) is 12.1 Å². The fourth-order valence-electron chi connectivity index (χ4n) is 1.40. The maximum absolute atomic E-state index is 11.4. The number of esters is 1. The van der Waals surface area contributed by atoms with Gasteiger partial charge in [0.05, 0.1) is 0 Å². The van der Waals surface area contributed by atoms with Crippen molar-refractivity contribution < 1.29 is 9.53 Å². The van der Waals surface area contributed by atoms with Crippen LogP contribution in [0.4, 0.5) is 0 Å². The first-order valence-corrected chi connectivity index (χ1v) is 5.56. The fourth-order valence-corrected chi connectivity index (χ4v) is 1.40. The summed E-state index contributed by atoms with van der Waals surface area (Å²) < 4.78 is 5.18. The molecule has 0 saturated heterocycles. The number of benzene rings is 1. The normalized spacial score (nSPS) is 11.2. The lowest BCUT2D eigenvalue weighted by Gasteiger charge is -2.12. The first kappa shape index (κ1) is 13.1. The predicted octanol–water partition coefficient (Wildman–Crippen LogP) is 2.74. The molecule has 0 aliphatic carbocycles. The molecule has 1 atom stereocenters. The van der Waals surface area contributed by atoms with Crippen molar-refractivity contribution in [3.8, 4) is 12.3 Å². The first-order valence-electron chi connectivity index (χ1n) is 5.56. The smallest absolute Gasteiger partial charge is 0.307 e. The van der Waals surface area contributed by atoms with E-state index in [2.05, 4.69) is 12.5 Å². The van der Waals surface area contributed by atoms with E-state index < -0.39 is 6.10 Å². The number of ether oxygens (including phenoxy) is 1. The summed E-state index contributed by atoms with van der Waals surface area (Å²) in [6.07, 6.45) is 8.04. The molecule has 0 amide bonds. The van der Waals surface area contributed by atoms with Gasteiger partial charge in [-0.3, -0.25) is 4.79 Å². The Hall–Kier alpha value is -2.01. The van der Waals surface area contributed by atoms with E-state index >= 15 is 0 Å². The van der Waals surface area contributed by atoms with Crippen LogP contribution >= 0.6 is 0 Å². The van der Waals surface area contributed by atoms with Crippen LogP contribution in [0.2, 0.25) is 0 Å². The van der Waals surface area contributed by atoms with Crippen molar-refractivity contribution in [3.05, 3.63) is 48.6 Å². The molecule has 0 fully saturated rings. The molecule has 0 heterocycles. The minimum absolute atomic E-state index is 0.274. The van der Waals surface area contributed by atoms with Crippen molar-refractivity contribution in [3.63, 3.8) is 0 Å². The van der Waals surface area contributed by atoms with Crippen molar-refractivity contribution in [1.82, 2.24) is 0 Å². The summed E-state index contributed by atoms with van der Waals surface area (Å²) in [5.74, 6) is 2.21. The lowest BCUT2D eigenvalue weighted by atomic mass is 10.1. The predicted molar refractivity (Wildman–Crippen MR) is 68.3 cm³/mol. The highest BCUT2D eigenvalue weighted by Crippen LogP contribution is 2.07. The van der Waals surface area contributed by atoms with Gasteiger partial charge in [0.25, 0.3) is 0 Å². The van der Waals surface area contributed by atoms with Crippen LogP contribution in [0.1, 0.15) is 18.4 Å². The van der Waals surface area contributed by atoms with Gasteiger partial charge in [0.1, 0.15) is 0 Å².